The van der Waals surface area contributed by atoms with Crippen LogP contribution in [-0.4, -0.2) is 69.4 Å². The van der Waals surface area contributed by atoms with Crippen LogP contribution < -0.4 is 5.32 Å². The van der Waals surface area contributed by atoms with E-state index < -0.39 is 10.0 Å². The average molecular weight is 567 g/mol. The lowest BCUT2D eigenvalue weighted by atomic mass is 9.98. The molecule has 2 rings (SSSR count). The molecule has 176 valence electrons. The first kappa shape index (κ1) is 27.6. The Bertz CT molecular complexity index is 843. The number of halogens is 1. The second kappa shape index (κ2) is 12.6. The number of guanidine groups is 1. The highest BCUT2D eigenvalue weighted by molar-refractivity contribution is 14.0. The van der Waals surface area contributed by atoms with Crippen molar-refractivity contribution in [2.75, 3.05) is 33.8 Å². The maximum Gasteiger partial charge on any atom is 0.310 e. The molecule has 0 amide bonds. The first-order valence-corrected chi connectivity index (χ1v) is 11.8. The number of rotatable bonds is 7. The molecule has 0 radical (unpaired) electrons. The molecule has 0 aliphatic carbocycles. The average Bonchev–Trinajstić information content (AvgIpc) is 2.74. The lowest BCUT2D eigenvalue weighted by molar-refractivity contribution is -0.149. The van der Waals surface area contributed by atoms with Crippen LogP contribution in [0.25, 0.3) is 0 Å². The molecule has 1 aliphatic rings. The van der Waals surface area contributed by atoms with Gasteiger partial charge in [0.05, 0.1) is 17.4 Å². The zero-order valence-electron chi connectivity index (χ0n) is 19.0. The third kappa shape index (κ3) is 7.31. The number of piperidine rings is 1. The van der Waals surface area contributed by atoms with E-state index in [0.717, 1.165) is 30.9 Å². The van der Waals surface area contributed by atoms with Crippen molar-refractivity contribution in [3.63, 3.8) is 0 Å². The standard InChI is InChI=1S/C21H34N4O4S.HI/c1-6-29-20(26)18-8-7-13-25(15-18)21(22-4)23-14-17-9-11-19(12-10-17)30(27,28)24(5)16(2)3;/h9-12,16,18H,6-8,13-15H2,1-5H3,(H,22,23);1H. The molecular weight excluding hydrogens is 531 g/mol. The molecule has 1 atom stereocenters. The lowest BCUT2D eigenvalue weighted by Gasteiger charge is -2.34. The van der Waals surface area contributed by atoms with E-state index in [9.17, 15) is 13.2 Å². The quantitative estimate of drug-likeness (QED) is 0.236. The van der Waals surface area contributed by atoms with Crippen molar-refractivity contribution in [3.05, 3.63) is 29.8 Å². The number of carbonyl (C=O) groups is 1. The molecule has 1 fully saturated rings. The fourth-order valence-electron chi connectivity index (χ4n) is 3.36. The molecule has 1 aromatic carbocycles. The number of hydrogen-bond donors (Lipinski definition) is 1. The molecular formula is C21H35IN4O4S. The Hall–Kier alpha value is -1.40. The molecule has 1 saturated heterocycles. The molecule has 1 unspecified atom stereocenters. The van der Waals surface area contributed by atoms with E-state index in [2.05, 4.69) is 15.2 Å². The molecule has 8 nitrogen and oxygen atoms in total. The highest BCUT2D eigenvalue weighted by Gasteiger charge is 2.28. The van der Waals surface area contributed by atoms with Crippen LogP contribution in [-0.2, 0) is 26.1 Å². The van der Waals surface area contributed by atoms with Gasteiger partial charge in [0.15, 0.2) is 5.96 Å². The number of sulfonamides is 1. The summed E-state index contributed by atoms with van der Waals surface area (Å²) in [6, 6.07) is 6.76. The molecule has 0 saturated carbocycles. The molecule has 31 heavy (non-hydrogen) atoms. The van der Waals surface area contributed by atoms with E-state index in [1.54, 1.807) is 38.4 Å². The fourth-order valence-corrected chi connectivity index (χ4v) is 4.73. The Morgan fingerprint density at radius 2 is 1.97 bits per heavy atom. The minimum atomic E-state index is -3.49. The molecule has 0 bridgehead atoms. The summed E-state index contributed by atoms with van der Waals surface area (Å²) >= 11 is 0. The van der Waals surface area contributed by atoms with Gasteiger partial charge in [-0.2, -0.15) is 4.31 Å². The molecule has 0 aromatic heterocycles. The Balaban J connectivity index is 0.00000480. The van der Waals surface area contributed by atoms with Crippen LogP contribution in [0.5, 0.6) is 0 Å². The number of likely N-dealkylation sites (tertiary alicyclic amines) is 1. The van der Waals surface area contributed by atoms with Crippen LogP contribution in [0.2, 0.25) is 0 Å². The van der Waals surface area contributed by atoms with Gasteiger partial charge in [-0.1, -0.05) is 12.1 Å². The van der Waals surface area contributed by atoms with Crippen LogP contribution in [0.4, 0.5) is 0 Å². The van der Waals surface area contributed by atoms with Gasteiger partial charge in [-0.05, 0) is 51.3 Å². The summed E-state index contributed by atoms with van der Waals surface area (Å²) in [5.41, 5.74) is 0.946. The summed E-state index contributed by atoms with van der Waals surface area (Å²) in [5.74, 6) is 0.431. The minimum Gasteiger partial charge on any atom is -0.466 e. The van der Waals surface area contributed by atoms with Gasteiger partial charge in [-0.15, -0.1) is 24.0 Å². The maximum atomic E-state index is 12.6. The van der Waals surface area contributed by atoms with Gasteiger partial charge < -0.3 is 15.0 Å². The zero-order chi connectivity index (χ0) is 22.3. The normalized spacial score (nSPS) is 17.5. The topological polar surface area (TPSA) is 91.3 Å². The predicted molar refractivity (Wildman–Crippen MR) is 133 cm³/mol. The highest BCUT2D eigenvalue weighted by Crippen LogP contribution is 2.19. The maximum absolute atomic E-state index is 12.6. The van der Waals surface area contributed by atoms with E-state index in [1.807, 2.05) is 20.8 Å². The Morgan fingerprint density at radius 3 is 2.52 bits per heavy atom. The molecule has 10 heteroatoms. The van der Waals surface area contributed by atoms with Crippen LogP contribution in [0.3, 0.4) is 0 Å². The lowest BCUT2D eigenvalue weighted by Crippen LogP contribution is -2.48. The van der Waals surface area contributed by atoms with Crippen molar-refractivity contribution >= 4 is 45.9 Å². The highest BCUT2D eigenvalue weighted by atomic mass is 127. The summed E-state index contributed by atoms with van der Waals surface area (Å²) in [6.45, 7) is 7.81. The van der Waals surface area contributed by atoms with Crippen LogP contribution in [0, 0.1) is 5.92 Å². The van der Waals surface area contributed by atoms with Crippen molar-refractivity contribution in [1.82, 2.24) is 14.5 Å². The molecule has 1 aliphatic heterocycles. The van der Waals surface area contributed by atoms with Crippen molar-refractivity contribution in [2.45, 2.75) is 51.1 Å². The van der Waals surface area contributed by atoms with Gasteiger partial charge in [0.25, 0.3) is 0 Å². The molecule has 1 N–H and O–H groups in total. The Labute approximate surface area is 203 Å². The number of ether oxygens (including phenoxy) is 1. The summed E-state index contributed by atoms with van der Waals surface area (Å²) in [5, 5.41) is 3.31. The van der Waals surface area contributed by atoms with E-state index in [-0.39, 0.29) is 46.8 Å². The fraction of sp³-hybridized carbons (Fsp3) is 0.619. The number of nitrogens with zero attached hydrogens (tertiary/aromatic N) is 3. The van der Waals surface area contributed by atoms with E-state index in [4.69, 9.17) is 4.74 Å². The van der Waals surface area contributed by atoms with Crippen LogP contribution in [0.1, 0.15) is 39.2 Å². The second-order valence-corrected chi connectivity index (χ2v) is 9.69. The second-order valence-electron chi connectivity index (χ2n) is 7.70. The molecule has 1 aromatic rings. The van der Waals surface area contributed by atoms with Crippen molar-refractivity contribution in [1.29, 1.82) is 0 Å². The number of carbonyl (C=O) groups excluding carboxylic acids is 1. The number of hydrogen-bond acceptors (Lipinski definition) is 5. The largest absolute Gasteiger partial charge is 0.466 e. The van der Waals surface area contributed by atoms with Crippen LogP contribution in [0.15, 0.2) is 34.2 Å². The van der Waals surface area contributed by atoms with Gasteiger partial charge in [0.2, 0.25) is 10.0 Å². The van der Waals surface area contributed by atoms with Gasteiger partial charge >= 0.3 is 5.97 Å². The van der Waals surface area contributed by atoms with Crippen molar-refractivity contribution < 1.29 is 17.9 Å². The number of esters is 1. The van der Waals surface area contributed by atoms with Crippen LogP contribution >= 0.6 is 24.0 Å². The Kier molecular flexibility index (Phi) is 11.2. The summed E-state index contributed by atoms with van der Waals surface area (Å²) < 4.78 is 31.7. The molecule has 1 heterocycles. The third-order valence-corrected chi connectivity index (χ3v) is 7.38. The Morgan fingerprint density at radius 1 is 1.32 bits per heavy atom. The summed E-state index contributed by atoms with van der Waals surface area (Å²) in [4.78, 5) is 18.8. The van der Waals surface area contributed by atoms with E-state index in [1.165, 1.54) is 4.31 Å². The number of benzene rings is 1. The number of nitrogens with one attached hydrogen (secondary N) is 1. The minimum absolute atomic E-state index is 0. The predicted octanol–water partition coefficient (Wildman–Crippen LogP) is 2.68. The summed E-state index contributed by atoms with van der Waals surface area (Å²) in [7, 11) is -0.189. The first-order chi connectivity index (χ1) is 14.2. The van der Waals surface area contributed by atoms with Crippen molar-refractivity contribution in [3.8, 4) is 0 Å². The smallest absolute Gasteiger partial charge is 0.310 e. The zero-order valence-corrected chi connectivity index (χ0v) is 22.1. The molecule has 0 spiro atoms. The van der Waals surface area contributed by atoms with Gasteiger partial charge in [-0.25, -0.2) is 8.42 Å². The first-order valence-electron chi connectivity index (χ1n) is 10.4. The van der Waals surface area contributed by atoms with Gasteiger partial charge in [-0.3, -0.25) is 9.79 Å². The SMILES string of the molecule is CCOC(=O)C1CCCN(C(=NC)NCc2ccc(S(=O)(=O)N(C)C(C)C)cc2)C1.I. The van der Waals surface area contributed by atoms with E-state index >= 15 is 0 Å². The van der Waals surface area contributed by atoms with Gasteiger partial charge in [0.1, 0.15) is 0 Å². The van der Waals surface area contributed by atoms with Gasteiger partial charge in [0, 0.05) is 39.8 Å². The third-order valence-electron chi connectivity index (χ3n) is 5.33. The monoisotopic (exact) mass is 566 g/mol. The van der Waals surface area contributed by atoms with E-state index in [0.29, 0.717) is 19.7 Å². The van der Waals surface area contributed by atoms with Crippen molar-refractivity contribution in [2.24, 2.45) is 10.9 Å². The number of aliphatic imine (C=N–C) groups is 1. The summed E-state index contributed by atoms with van der Waals surface area (Å²) in [6.07, 6.45) is 1.73.